The van der Waals surface area contributed by atoms with Crippen molar-refractivity contribution >= 4 is 5.91 Å². The van der Waals surface area contributed by atoms with Crippen molar-refractivity contribution < 1.29 is 49.3 Å². The molecule has 6 N–H and O–H groups in total. The number of methoxy groups -OCH3 is 1. The van der Waals surface area contributed by atoms with Crippen LogP contribution in [0.4, 0.5) is 0 Å². The highest BCUT2D eigenvalue weighted by atomic mass is 16.7. The van der Waals surface area contributed by atoms with Gasteiger partial charge >= 0.3 is 0 Å². The number of ether oxygens (including phenoxy) is 4. The molecule has 0 radical (unpaired) electrons. The number of aliphatic hydroxyl groups is 5. The van der Waals surface area contributed by atoms with E-state index in [-0.39, 0.29) is 0 Å². The molecular weight excluding hydrogens is 354 g/mol. The monoisotopic (exact) mass is 381 g/mol. The zero-order valence-corrected chi connectivity index (χ0v) is 14.8. The second-order valence-electron chi connectivity index (χ2n) is 6.46. The van der Waals surface area contributed by atoms with Crippen molar-refractivity contribution in [2.24, 2.45) is 0 Å². The molecule has 2 aliphatic rings. The van der Waals surface area contributed by atoms with Crippen LogP contribution in [0.15, 0.2) is 0 Å². The van der Waals surface area contributed by atoms with E-state index in [0.717, 1.165) is 0 Å². The predicted molar refractivity (Wildman–Crippen MR) is 83.6 cm³/mol. The van der Waals surface area contributed by atoms with Crippen molar-refractivity contribution in [1.29, 1.82) is 0 Å². The van der Waals surface area contributed by atoms with Gasteiger partial charge in [0.1, 0.15) is 42.7 Å². The summed E-state index contributed by atoms with van der Waals surface area (Å²) in [7, 11) is 1.31. The number of carbonyl (C=O) groups is 1. The Hall–Kier alpha value is -0.890. The van der Waals surface area contributed by atoms with Gasteiger partial charge in [-0.1, -0.05) is 0 Å². The smallest absolute Gasteiger partial charge is 0.217 e. The lowest BCUT2D eigenvalue weighted by Gasteiger charge is -2.46. The van der Waals surface area contributed by atoms with E-state index >= 15 is 0 Å². The predicted octanol–water partition coefficient (Wildman–Crippen LogP) is -3.57. The first-order valence-corrected chi connectivity index (χ1v) is 8.30. The molecule has 2 aliphatic heterocycles. The highest BCUT2D eigenvalue weighted by Gasteiger charge is 2.50. The molecule has 11 nitrogen and oxygen atoms in total. The number of hydrogen-bond donors (Lipinski definition) is 6. The van der Waals surface area contributed by atoms with Crippen LogP contribution >= 0.6 is 0 Å². The molecule has 26 heavy (non-hydrogen) atoms. The summed E-state index contributed by atoms with van der Waals surface area (Å²) < 4.78 is 21.5. The quantitative estimate of drug-likeness (QED) is 0.280. The van der Waals surface area contributed by atoms with Crippen LogP contribution in [0.5, 0.6) is 0 Å². The molecule has 0 aromatic heterocycles. The van der Waals surface area contributed by atoms with E-state index in [1.807, 2.05) is 0 Å². The minimum atomic E-state index is -1.59. The first-order chi connectivity index (χ1) is 12.2. The van der Waals surface area contributed by atoms with Crippen molar-refractivity contribution in [3.63, 3.8) is 0 Å². The van der Waals surface area contributed by atoms with E-state index in [4.69, 9.17) is 18.9 Å². The van der Waals surface area contributed by atoms with E-state index in [9.17, 15) is 30.3 Å². The second kappa shape index (κ2) is 8.87. The Morgan fingerprint density at radius 3 is 2.23 bits per heavy atom. The van der Waals surface area contributed by atoms with Gasteiger partial charge in [0.05, 0.1) is 12.7 Å². The average molecular weight is 381 g/mol. The SMILES string of the molecule is CO[C@@H]1O[C@H](CO)[C@@H](O[C@@H]2O[C@@H](C)[C@@H](O)[C@@H](O)[C@@H]2O)[C@H](O)[C@H]1NC(C)=O. The molecule has 1 amide bonds. The highest BCUT2D eigenvalue weighted by Crippen LogP contribution is 2.29. The van der Waals surface area contributed by atoms with Gasteiger partial charge in [0.2, 0.25) is 5.91 Å². The molecule has 0 unspecified atom stereocenters. The Labute approximate surface area is 150 Å². The van der Waals surface area contributed by atoms with Gasteiger partial charge in [0.25, 0.3) is 0 Å². The maximum atomic E-state index is 11.4. The number of rotatable bonds is 5. The van der Waals surface area contributed by atoms with Crippen molar-refractivity contribution in [3.05, 3.63) is 0 Å². The molecule has 152 valence electrons. The number of nitrogens with one attached hydrogen (secondary N) is 1. The van der Waals surface area contributed by atoms with E-state index in [2.05, 4.69) is 5.32 Å². The third-order valence-corrected chi connectivity index (χ3v) is 4.55. The van der Waals surface area contributed by atoms with Gasteiger partial charge in [-0.25, -0.2) is 0 Å². The van der Waals surface area contributed by atoms with E-state index in [0.29, 0.717) is 0 Å². The highest BCUT2D eigenvalue weighted by molar-refractivity contribution is 5.73. The van der Waals surface area contributed by atoms with Gasteiger partial charge in [-0.15, -0.1) is 0 Å². The molecule has 2 saturated heterocycles. The van der Waals surface area contributed by atoms with Gasteiger partial charge in [0, 0.05) is 14.0 Å². The first kappa shape index (κ1) is 21.4. The second-order valence-corrected chi connectivity index (χ2v) is 6.46. The van der Waals surface area contributed by atoms with Crippen molar-refractivity contribution in [1.82, 2.24) is 5.32 Å². The Kier molecular flexibility index (Phi) is 7.30. The summed E-state index contributed by atoms with van der Waals surface area (Å²) in [6, 6.07) is -1.00. The van der Waals surface area contributed by atoms with Gasteiger partial charge in [-0.3, -0.25) is 4.79 Å². The standard InChI is InChI=1S/C15H27NO10/c1-5-9(19)11(21)12(22)15(24-5)26-13-7(4-17)25-14(23-3)8(10(13)20)16-6(2)18/h5,7-15,17,19-22H,4H2,1-3H3,(H,16,18)/t5-,7+,8+,9+,10+,11+,12-,13+,14+,15-/m0/s1. The van der Waals surface area contributed by atoms with E-state index in [1.165, 1.54) is 21.0 Å². The van der Waals surface area contributed by atoms with Crippen LogP contribution in [0.25, 0.3) is 0 Å². The lowest BCUT2D eigenvalue weighted by atomic mass is 9.95. The molecule has 10 atom stereocenters. The summed E-state index contributed by atoms with van der Waals surface area (Å²) in [4.78, 5) is 11.4. The largest absolute Gasteiger partial charge is 0.394 e. The molecule has 0 aromatic rings. The van der Waals surface area contributed by atoms with Crippen molar-refractivity contribution in [2.45, 2.75) is 75.2 Å². The zero-order valence-electron chi connectivity index (χ0n) is 14.8. The normalized spacial score (nSPS) is 46.8. The van der Waals surface area contributed by atoms with Crippen molar-refractivity contribution in [3.8, 4) is 0 Å². The fourth-order valence-corrected chi connectivity index (χ4v) is 3.11. The molecule has 0 spiro atoms. The number of hydrogen-bond acceptors (Lipinski definition) is 10. The number of carbonyl (C=O) groups excluding carboxylic acids is 1. The maximum Gasteiger partial charge on any atom is 0.217 e. The summed E-state index contributed by atoms with van der Waals surface area (Å²) in [6.07, 6.45) is -11.3. The third kappa shape index (κ3) is 4.32. The van der Waals surface area contributed by atoms with Gasteiger partial charge in [0.15, 0.2) is 12.6 Å². The van der Waals surface area contributed by atoms with Crippen LogP contribution in [0.1, 0.15) is 13.8 Å². The van der Waals surface area contributed by atoms with Gasteiger partial charge < -0.3 is 49.8 Å². The Morgan fingerprint density at radius 1 is 1.04 bits per heavy atom. The molecule has 2 fully saturated rings. The molecule has 0 aliphatic carbocycles. The summed E-state index contributed by atoms with van der Waals surface area (Å²) in [5.74, 6) is -0.443. The summed E-state index contributed by atoms with van der Waals surface area (Å²) in [5.41, 5.74) is 0. The molecule has 0 saturated carbocycles. The lowest BCUT2D eigenvalue weighted by Crippen LogP contribution is -2.67. The molecule has 0 aromatic carbocycles. The first-order valence-electron chi connectivity index (χ1n) is 8.30. The van der Waals surface area contributed by atoms with Crippen LogP contribution in [-0.4, -0.2) is 107 Å². The minimum Gasteiger partial charge on any atom is -0.394 e. The number of amides is 1. The Bertz CT molecular complexity index is 479. The summed E-state index contributed by atoms with van der Waals surface area (Å²) in [5, 5.41) is 52.3. The molecule has 2 rings (SSSR count). The van der Waals surface area contributed by atoms with Crippen molar-refractivity contribution in [2.75, 3.05) is 13.7 Å². The zero-order chi connectivity index (χ0) is 19.6. The summed E-state index contributed by atoms with van der Waals surface area (Å²) >= 11 is 0. The molecule has 0 bridgehead atoms. The van der Waals surface area contributed by atoms with Crippen LogP contribution in [0.2, 0.25) is 0 Å². The third-order valence-electron chi connectivity index (χ3n) is 4.55. The molecule has 2 heterocycles. The lowest BCUT2D eigenvalue weighted by molar-refractivity contribution is -0.343. The maximum absolute atomic E-state index is 11.4. The van der Waals surface area contributed by atoms with Crippen LogP contribution in [-0.2, 0) is 23.7 Å². The van der Waals surface area contributed by atoms with Gasteiger partial charge in [-0.2, -0.15) is 0 Å². The van der Waals surface area contributed by atoms with Crippen LogP contribution < -0.4 is 5.32 Å². The average Bonchev–Trinajstić information content (AvgIpc) is 2.60. The topological polar surface area (TPSA) is 167 Å². The Morgan fingerprint density at radius 2 is 1.69 bits per heavy atom. The molecular formula is C15H27NO10. The van der Waals surface area contributed by atoms with E-state index in [1.54, 1.807) is 0 Å². The minimum absolute atomic E-state index is 0.443. The molecule has 11 heteroatoms. The fraction of sp³-hybridized carbons (Fsp3) is 0.933. The number of aliphatic hydroxyl groups excluding tert-OH is 5. The Balaban J connectivity index is 2.18. The fourth-order valence-electron chi connectivity index (χ4n) is 3.11. The summed E-state index contributed by atoms with van der Waals surface area (Å²) in [6.45, 7) is 2.19. The van der Waals surface area contributed by atoms with Gasteiger partial charge in [-0.05, 0) is 6.92 Å². The van der Waals surface area contributed by atoms with Crippen LogP contribution in [0.3, 0.4) is 0 Å². The van der Waals surface area contributed by atoms with E-state index < -0.39 is 73.9 Å². The van der Waals surface area contributed by atoms with Crippen LogP contribution in [0, 0.1) is 0 Å².